The molecule has 1 unspecified atom stereocenters. The lowest BCUT2D eigenvalue weighted by Crippen LogP contribution is -2.54. The minimum atomic E-state index is -5.08. The van der Waals surface area contributed by atoms with E-state index in [1.54, 1.807) is 0 Å². The first kappa shape index (κ1) is 27.1. The van der Waals surface area contributed by atoms with Gasteiger partial charge in [0.05, 0.1) is 0 Å². The maximum atomic E-state index is 11.1. The molecule has 8 nitrogen and oxygen atoms in total. The lowest BCUT2D eigenvalue weighted by atomic mass is 10.1. The number of alkyl halides is 6. The average molecular weight is 448 g/mol. The summed E-state index contributed by atoms with van der Waals surface area (Å²) in [6.07, 6.45) is -10.2. The number of hydrogen-bond donors (Lipinski definition) is 4. The van der Waals surface area contributed by atoms with E-state index < -0.39 is 36.3 Å². The van der Waals surface area contributed by atoms with Gasteiger partial charge in [-0.3, -0.25) is 9.69 Å². The Balaban J connectivity index is 0.000000503. The zero-order valence-corrected chi connectivity index (χ0v) is 15.1. The normalized spacial score (nSPS) is 16.9. The molecule has 4 N–H and O–H groups in total. The van der Waals surface area contributed by atoms with Crippen molar-refractivity contribution in [2.24, 2.45) is 0 Å². The molecular formula is C16H18F6N2O6. The molecule has 0 aromatic heterocycles. The van der Waals surface area contributed by atoms with Crippen LogP contribution in [0.4, 0.5) is 26.3 Å². The number of aliphatic carboxylic acids is 3. The first-order chi connectivity index (χ1) is 13.7. The highest BCUT2D eigenvalue weighted by Crippen LogP contribution is 2.14. The fourth-order valence-corrected chi connectivity index (χ4v) is 2.00. The molecular weight excluding hydrogens is 430 g/mol. The van der Waals surface area contributed by atoms with Gasteiger partial charge in [0.1, 0.15) is 6.04 Å². The third-order valence-corrected chi connectivity index (χ3v) is 3.35. The number of nitrogens with one attached hydrogen (secondary N) is 1. The summed E-state index contributed by atoms with van der Waals surface area (Å²) in [5.41, 5.74) is 1.16. The first-order valence-electron chi connectivity index (χ1n) is 7.98. The van der Waals surface area contributed by atoms with E-state index >= 15 is 0 Å². The van der Waals surface area contributed by atoms with Crippen LogP contribution in [-0.4, -0.2) is 76.2 Å². The van der Waals surface area contributed by atoms with Crippen molar-refractivity contribution in [1.29, 1.82) is 0 Å². The van der Waals surface area contributed by atoms with E-state index in [1.807, 2.05) is 35.2 Å². The fraction of sp³-hybridized carbons (Fsp3) is 0.438. The lowest BCUT2D eigenvalue weighted by Gasteiger charge is -2.33. The minimum absolute atomic E-state index is 0.408. The quantitative estimate of drug-likeness (QED) is 0.516. The molecule has 1 heterocycles. The van der Waals surface area contributed by atoms with Crippen molar-refractivity contribution < 1.29 is 56.0 Å². The minimum Gasteiger partial charge on any atom is -0.480 e. The number of nitrogens with zero attached hydrogens (tertiary/aromatic N) is 1. The van der Waals surface area contributed by atoms with E-state index in [2.05, 4.69) is 5.32 Å². The van der Waals surface area contributed by atoms with E-state index in [0.29, 0.717) is 13.1 Å². The number of hydrogen-bond acceptors (Lipinski definition) is 5. The predicted octanol–water partition coefficient (Wildman–Crippen LogP) is 1.81. The number of carboxylic acid groups (broad SMARTS) is 3. The van der Waals surface area contributed by atoms with Gasteiger partial charge in [0.25, 0.3) is 0 Å². The van der Waals surface area contributed by atoms with Gasteiger partial charge >= 0.3 is 30.3 Å². The lowest BCUT2D eigenvalue weighted by molar-refractivity contribution is -0.193. The molecule has 0 amide bonds. The summed E-state index contributed by atoms with van der Waals surface area (Å²) in [7, 11) is 0. The number of piperazine rings is 1. The Morgan fingerprint density at radius 2 is 1.37 bits per heavy atom. The Morgan fingerprint density at radius 1 is 0.933 bits per heavy atom. The molecule has 0 saturated carbocycles. The van der Waals surface area contributed by atoms with E-state index in [9.17, 15) is 31.1 Å². The van der Waals surface area contributed by atoms with Crippen LogP contribution in [0.2, 0.25) is 0 Å². The largest absolute Gasteiger partial charge is 0.490 e. The van der Waals surface area contributed by atoms with Gasteiger partial charge in [-0.05, 0) is 5.56 Å². The van der Waals surface area contributed by atoms with Crippen LogP contribution >= 0.6 is 0 Å². The molecule has 0 aliphatic carbocycles. The SMILES string of the molecule is O=C(O)C(F)(F)F.O=C(O)C(F)(F)F.O=C(O)C1CNCCN1Cc1ccccc1. The van der Waals surface area contributed by atoms with E-state index in [-0.39, 0.29) is 0 Å². The predicted molar refractivity (Wildman–Crippen MR) is 88.5 cm³/mol. The Labute approximate surface area is 165 Å². The van der Waals surface area contributed by atoms with Crippen LogP contribution < -0.4 is 5.32 Å². The molecule has 0 bridgehead atoms. The number of benzene rings is 1. The molecule has 2 rings (SSSR count). The van der Waals surface area contributed by atoms with Gasteiger partial charge in [0.2, 0.25) is 0 Å². The van der Waals surface area contributed by atoms with Crippen molar-refractivity contribution in [3.05, 3.63) is 35.9 Å². The van der Waals surface area contributed by atoms with Gasteiger partial charge in [-0.1, -0.05) is 30.3 Å². The van der Waals surface area contributed by atoms with Crippen molar-refractivity contribution in [3.63, 3.8) is 0 Å². The van der Waals surface area contributed by atoms with Gasteiger partial charge in [0, 0.05) is 26.2 Å². The molecule has 14 heteroatoms. The first-order valence-corrected chi connectivity index (χ1v) is 7.98. The maximum absolute atomic E-state index is 11.1. The van der Waals surface area contributed by atoms with Crippen molar-refractivity contribution in [3.8, 4) is 0 Å². The van der Waals surface area contributed by atoms with E-state index in [1.165, 1.54) is 0 Å². The third-order valence-electron chi connectivity index (χ3n) is 3.35. The Morgan fingerprint density at radius 3 is 1.73 bits per heavy atom. The summed E-state index contributed by atoms with van der Waals surface area (Å²) in [5.74, 6) is -6.26. The van der Waals surface area contributed by atoms with Crippen LogP contribution in [0.3, 0.4) is 0 Å². The Kier molecular flexibility index (Phi) is 10.8. The number of halogens is 6. The highest BCUT2D eigenvalue weighted by molar-refractivity contribution is 5.74. The molecule has 30 heavy (non-hydrogen) atoms. The smallest absolute Gasteiger partial charge is 0.480 e. The van der Waals surface area contributed by atoms with Gasteiger partial charge in [-0.2, -0.15) is 26.3 Å². The van der Waals surface area contributed by atoms with Crippen molar-refractivity contribution in [2.75, 3.05) is 19.6 Å². The number of carboxylic acids is 3. The Bertz CT molecular complexity index is 672. The molecule has 1 fully saturated rings. The number of carbonyl (C=O) groups is 3. The van der Waals surface area contributed by atoms with Crippen molar-refractivity contribution >= 4 is 17.9 Å². The zero-order chi connectivity index (χ0) is 23.5. The average Bonchev–Trinajstić information content (AvgIpc) is 2.62. The summed E-state index contributed by atoms with van der Waals surface area (Å²) in [5, 5.41) is 26.5. The standard InChI is InChI=1S/C12H16N2O2.2C2HF3O2/c15-12(16)11-8-13-6-7-14(11)9-10-4-2-1-3-5-10;2*3-2(4,5)1(6)7/h1-5,11,13H,6-9H2,(H,15,16);2*(H,6,7). The van der Waals surface area contributed by atoms with E-state index in [4.69, 9.17) is 24.9 Å². The highest BCUT2D eigenvalue weighted by atomic mass is 19.4. The maximum Gasteiger partial charge on any atom is 0.490 e. The molecule has 1 aromatic carbocycles. The number of rotatable bonds is 3. The molecule has 1 saturated heterocycles. The third kappa shape index (κ3) is 11.2. The monoisotopic (exact) mass is 448 g/mol. The summed E-state index contributed by atoms with van der Waals surface area (Å²) in [4.78, 5) is 30.9. The van der Waals surface area contributed by atoms with Gasteiger partial charge in [-0.15, -0.1) is 0 Å². The van der Waals surface area contributed by atoms with Gasteiger partial charge < -0.3 is 20.6 Å². The topological polar surface area (TPSA) is 127 Å². The molecule has 1 aliphatic heterocycles. The summed E-state index contributed by atoms with van der Waals surface area (Å²) in [6, 6.07) is 9.58. The Hall–Kier alpha value is -2.87. The van der Waals surface area contributed by atoms with Crippen LogP contribution in [0.5, 0.6) is 0 Å². The van der Waals surface area contributed by atoms with Crippen LogP contribution in [0.25, 0.3) is 0 Å². The van der Waals surface area contributed by atoms with Gasteiger partial charge in [-0.25, -0.2) is 9.59 Å². The second-order valence-corrected chi connectivity index (χ2v) is 5.62. The summed E-state index contributed by atoms with van der Waals surface area (Å²) in [6.45, 7) is 2.88. The molecule has 1 aromatic rings. The second-order valence-electron chi connectivity index (χ2n) is 5.62. The molecule has 170 valence electrons. The molecule has 0 spiro atoms. The fourth-order valence-electron chi connectivity index (χ4n) is 2.00. The van der Waals surface area contributed by atoms with Crippen LogP contribution in [0.15, 0.2) is 30.3 Å². The van der Waals surface area contributed by atoms with Crippen LogP contribution in [0, 0.1) is 0 Å². The van der Waals surface area contributed by atoms with Gasteiger partial charge in [0.15, 0.2) is 0 Å². The highest BCUT2D eigenvalue weighted by Gasteiger charge is 2.38. The zero-order valence-electron chi connectivity index (χ0n) is 15.1. The molecule has 1 atom stereocenters. The van der Waals surface area contributed by atoms with Crippen LogP contribution in [-0.2, 0) is 20.9 Å². The molecule has 0 radical (unpaired) electrons. The van der Waals surface area contributed by atoms with Crippen molar-refractivity contribution in [1.82, 2.24) is 10.2 Å². The summed E-state index contributed by atoms with van der Waals surface area (Å²) >= 11 is 0. The summed E-state index contributed by atoms with van der Waals surface area (Å²) < 4.78 is 63.5. The van der Waals surface area contributed by atoms with Crippen molar-refractivity contribution in [2.45, 2.75) is 24.9 Å². The second kappa shape index (κ2) is 12.0. The van der Waals surface area contributed by atoms with Crippen LogP contribution in [0.1, 0.15) is 5.56 Å². The molecule has 1 aliphatic rings. The van der Waals surface area contributed by atoms with E-state index in [0.717, 1.165) is 18.7 Å².